The first-order valence-corrected chi connectivity index (χ1v) is 3.95. The van der Waals surface area contributed by atoms with E-state index < -0.39 is 0 Å². The molecule has 0 radical (unpaired) electrons. The molecule has 3 nitrogen and oxygen atoms in total. The SMILES string of the molecule is CCC(=O)Nc1cscn1. The zero-order chi connectivity index (χ0) is 7.40. The van der Waals surface area contributed by atoms with Crippen LogP contribution in [0.4, 0.5) is 5.82 Å². The van der Waals surface area contributed by atoms with E-state index in [0.29, 0.717) is 12.2 Å². The van der Waals surface area contributed by atoms with Crippen molar-refractivity contribution < 1.29 is 4.79 Å². The number of hydrogen-bond acceptors (Lipinski definition) is 3. The number of rotatable bonds is 2. The van der Waals surface area contributed by atoms with Crippen LogP contribution in [0.1, 0.15) is 13.3 Å². The molecule has 1 amide bonds. The fraction of sp³-hybridized carbons (Fsp3) is 0.333. The Morgan fingerprint density at radius 2 is 2.70 bits per heavy atom. The molecule has 0 aliphatic rings. The highest BCUT2D eigenvalue weighted by molar-refractivity contribution is 7.07. The van der Waals surface area contributed by atoms with Gasteiger partial charge in [-0.2, -0.15) is 0 Å². The van der Waals surface area contributed by atoms with Gasteiger partial charge in [-0.05, 0) is 0 Å². The molecule has 0 bridgehead atoms. The molecule has 1 aromatic heterocycles. The Labute approximate surface area is 63.1 Å². The Bertz CT molecular complexity index is 208. The first-order valence-electron chi connectivity index (χ1n) is 3.01. The van der Waals surface area contributed by atoms with Crippen molar-refractivity contribution >= 4 is 23.1 Å². The van der Waals surface area contributed by atoms with Gasteiger partial charge in [0.2, 0.25) is 5.91 Å². The molecular weight excluding hydrogens is 148 g/mol. The minimum absolute atomic E-state index is 0.00546. The number of nitrogens with zero attached hydrogens (tertiary/aromatic N) is 1. The predicted octanol–water partition coefficient (Wildman–Crippen LogP) is 1.49. The monoisotopic (exact) mass is 156 g/mol. The van der Waals surface area contributed by atoms with E-state index in [1.54, 1.807) is 10.9 Å². The van der Waals surface area contributed by atoms with Crippen molar-refractivity contribution in [3.05, 3.63) is 10.9 Å². The lowest BCUT2D eigenvalue weighted by Crippen LogP contribution is -2.09. The van der Waals surface area contributed by atoms with Gasteiger partial charge >= 0.3 is 0 Å². The van der Waals surface area contributed by atoms with Gasteiger partial charge in [-0.15, -0.1) is 11.3 Å². The topological polar surface area (TPSA) is 42.0 Å². The van der Waals surface area contributed by atoms with Gasteiger partial charge < -0.3 is 5.32 Å². The summed E-state index contributed by atoms with van der Waals surface area (Å²) in [7, 11) is 0. The van der Waals surface area contributed by atoms with Crippen LogP contribution >= 0.6 is 11.3 Å². The molecule has 0 aliphatic carbocycles. The third-order valence-corrected chi connectivity index (χ3v) is 1.61. The minimum Gasteiger partial charge on any atom is -0.310 e. The van der Waals surface area contributed by atoms with Crippen molar-refractivity contribution in [1.29, 1.82) is 0 Å². The first kappa shape index (κ1) is 7.21. The predicted molar refractivity (Wildman–Crippen MR) is 41.0 cm³/mol. The lowest BCUT2D eigenvalue weighted by molar-refractivity contribution is -0.115. The molecule has 1 aromatic rings. The number of amides is 1. The van der Waals surface area contributed by atoms with Crippen molar-refractivity contribution in [1.82, 2.24) is 4.98 Å². The van der Waals surface area contributed by atoms with Gasteiger partial charge in [-0.3, -0.25) is 4.79 Å². The number of nitrogens with one attached hydrogen (secondary N) is 1. The van der Waals surface area contributed by atoms with Gasteiger partial charge in [0.15, 0.2) is 0 Å². The van der Waals surface area contributed by atoms with Crippen molar-refractivity contribution in [2.75, 3.05) is 5.32 Å². The molecule has 10 heavy (non-hydrogen) atoms. The standard InChI is InChI=1S/C6H8N2OS/c1-2-6(9)8-5-3-10-4-7-5/h3-4H,2H2,1H3,(H,8,9). The summed E-state index contributed by atoms with van der Waals surface area (Å²) in [4.78, 5) is 14.6. The summed E-state index contributed by atoms with van der Waals surface area (Å²) in [6.07, 6.45) is 0.498. The summed E-state index contributed by atoms with van der Waals surface area (Å²) in [5.74, 6) is 0.655. The average Bonchev–Trinajstić information content (AvgIpc) is 2.40. The summed E-state index contributed by atoms with van der Waals surface area (Å²) in [5.41, 5.74) is 1.69. The van der Waals surface area contributed by atoms with Gasteiger partial charge in [-0.1, -0.05) is 6.92 Å². The third-order valence-electron chi connectivity index (χ3n) is 1.02. The lowest BCUT2D eigenvalue weighted by atomic mass is 10.4. The number of thiazole rings is 1. The Morgan fingerprint density at radius 3 is 3.20 bits per heavy atom. The Morgan fingerprint density at radius 1 is 1.90 bits per heavy atom. The molecule has 0 saturated carbocycles. The molecule has 0 atom stereocenters. The molecule has 0 fully saturated rings. The maximum Gasteiger partial charge on any atom is 0.225 e. The number of carbonyl (C=O) groups is 1. The van der Waals surface area contributed by atoms with Crippen LogP contribution < -0.4 is 5.32 Å². The van der Waals surface area contributed by atoms with E-state index in [4.69, 9.17) is 0 Å². The molecule has 0 saturated heterocycles. The largest absolute Gasteiger partial charge is 0.310 e. The van der Waals surface area contributed by atoms with Crippen LogP contribution in [-0.4, -0.2) is 10.9 Å². The summed E-state index contributed by atoms with van der Waals surface area (Å²) >= 11 is 1.47. The lowest BCUT2D eigenvalue weighted by Gasteiger charge is -1.95. The molecule has 54 valence electrons. The molecule has 0 unspecified atom stereocenters. The number of hydrogen-bond donors (Lipinski definition) is 1. The highest BCUT2D eigenvalue weighted by Crippen LogP contribution is 2.06. The molecule has 0 aromatic carbocycles. The fourth-order valence-electron chi connectivity index (χ4n) is 0.505. The Hall–Kier alpha value is -0.900. The van der Waals surface area contributed by atoms with Gasteiger partial charge in [-0.25, -0.2) is 4.98 Å². The van der Waals surface area contributed by atoms with E-state index in [0.717, 1.165) is 0 Å². The minimum atomic E-state index is 0.00546. The van der Waals surface area contributed by atoms with Gasteiger partial charge in [0.05, 0.1) is 5.51 Å². The number of carbonyl (C=O) groups excluding carboxylic acids is 1. The van der Waals surface area contributed by atoms with Crippen LogP contribution in [0.15, 0.2) is 10.9 Å². The van der Waals surface area contributed by atoms with E-state index in [2.05, 4.69) is 10.3 Å². The van der Waals surface area contributed by atoms with E-state index in [-0.39, 0.29) is 5.91 Å². The normalized spacial score (nSPS) is 9.30. The van der Waals surface area contributed by atoms with Crippen molar-refractivity contribution in [2.45, 2.75) is 13.3 Å². The molecular formula is C6H8N2OS. The van der Waals surface area contributed by atoms with Crippen LogP contribution in [0, 0.1) is 0 Å². The molecule has 1 rings (SSSR count). The summed E-state index contributed by atoms with van der Waals surface area (Å²) in [5, 5.41) is 4.43. The molecule has 1 heterocycles. The molecule has 1 N–H and O–H groups in total. The zero-order valence-corrected chi connectivity index (χ0v) is 6.44. The first-order chi connectivity index (χ1) is 4.83. The number of anilines is 1. The van der Waals surface area contributed by atoms with Gasteiger partial charge in [0.25, 0.3) is 0 Å². The van der Waals surface area contributed by atoms with Crippen LogP contribution in [0.3, 0.4) is 0 Å². The van der Waals surface area contributed by atoms with Crippen LogP contribution in [0.5, 0.6) is 0 Å². The van der Waals surface area contributed by atoms with Gasteiger partial charge in [0.1, 0.15) is 5.82 Å². The van der Waals surface area contributed by atoms with Crippen LogP contribution in [0.25, 0.3) is 0 Å². The van der Waals surface area contributed by atoms with Crippen molar-refractivity contribution in [2.24, 2.45) is 0 Å². The second-order valence-corrected chi connectivity index (χ2v) is 2.49. The summed E-state index contributed by atoms with van der Waals surface area (Å²) < 4.78 is 0. The quantitative estimate of drug-likeness (QED) is 0.704. The maximum absolute atomic E-state index is 10.7. The van der Waals surface area contributed by atoms with Crippen LogP contribution in [0.2, 0.25) is 0 Å². The highest BCUT2D eigenvalue weighted by Gasteiger charge is 1.97. The van der Waals surface area contributed by atoms with E-state index in [9.17, 15) is 4.79 Å². The fourth-order valence-corrected chi connectivity index (χ4v) is 0.989. The zero-order valence-electron chi connectivity index (χ0n) is 5.63. The molecule has 0 aliphatic heterocycles. The third kappa shape index (κ3) is 1.80. The molecule has 4 heteroatoms. The van der Waals surface area contributed by atoms with Crippen molar-refractivity contribution in [3.63, 3.8) is 0 Å². The molecule has 0 spiro atoms. The van der Waals surface area contributed by atoms with E-state index in [1.165, 1.54) is 11.3 Å². The van der Waals surface area contributed by atoms with E-state index in [1.807, 2.05) is 6.92 Å². The summed E-state index contributed by atoms with van der Waals surface area (Å²) in [6.45, 7) is 1.81. The smallest absolute Gasteiger partial charge is 0.225 e. The second kappa shape index (κ2) is 3.31. The average molecular weight is 156 g/mol. The van der Waals surface area contributed by atoms with Gasteiger partial charge in [0, 0.05) is 11.8 Å². The maximum atomic E-state index is 10.7. The second-order valence-electron chi connectivity index (χ2n) is 1.78. The van der Waals surface area contributed by atoms with Crippen molar-refractivity contribution in [3.8, 4) is 0 Å². The van der Waals surface area contributed by atoms with E-state index >= 15 is 0 Å². The number of aromatic nitrogens is 1. The van der Waals surface area contributed by atoms with Crippen LogP contribution in [-0.2, 0) is 4.79 Å². The Balaban J connectivity index is 2.48. The summed E-state index contributed by atoms with van der Waals surface area (Å²) in [6, 6.07) is 0. The Kier molecular flexibility index (Phi) is 2.39. The highest BCUT2D eigenvalue weighted by atomic mass is 32.1.